The van der Waals surface area contributed by atoms with Crippen molar-refractivity contribution in [2.45, 2.75) is 230 Å². The first-order valence-corrected chi connectivity index (χ1v) is 21.4. The molecule has 9 nitrogen and oxygen atoms in total. The van der Waals surface area contributed by atoms with Gasteiger partial charge in [0.2, 0.25) is 11.7 Å². The highest BCUT2D eigenvalue weighted by molar-refractivity contribution is 5.76. The van der Waals surface area contributed by atoms with Crippen LogP contribution in [0.1, 0.15) is 194 Å². The van der Waals surface area contributed by atoms with Gasteiger partial charge in [-0.05, 0) is 19.3 Å². The van der Waals surface area contributed by atoms with E-state index >= 15 is 0 Å². The second-order valence-corrected chi connectivity index (χ2v) is 15.2. The first-order valence-electron chi connectivity index (χ1n) is 21.4. The van der Waals surface area contributed by atoms with E-state index in [9.17, 15) is 30.3 Å². The first kappa shape index (κ1) is 48.0. The molecule has 0 aliphatic carbocycles. The minimum atomic E-state index is -1.97. The predicted octanol–water partition coefficient (Wildman–Crippen LogP) is 8.17. The molecule has 6 N–H and O–H groups in total. The summed E-state index contributed by atoms with van der Waals surface area (Å²) in [6.07, 6.45) is 32.2. The SMILES string of the molecule is CCCCCCCCCCCCC/C=C/[C@@H](O)[C@H](CO[C@]1(CO)O[C@H](CO)[C@@H](O)[C@H]1O)NC(=O)CCCCCCCCCCCCCCCCC. The van der Waals surface area contributed by atoms with Crippen molar-refractivity contribution in [1.82, 2.24) is 5.32 Å². The topological polar surface area (TPSA) is 149 Å². The fourth-order valence-corrected chi connectivity index (χ4v) is 6.99. The van der Waals surface area contributed by atoms with Crippen molar-refractivity contribution in [1.29, 1.82) is 0 Å². The predicted molar refractivity (Wildman–Crippen MR) is 207 cm³/mol. The molecule has 0 unspecified atom stereocenters. The molecular formula is C42H81NO8. The lowest BCUT2D eigenvalue weighted by atomic mass is 10.0. The molecular weight excluding hydrogens is 646 g/mol. The fourth-order valence-electron chi connectivity index (χ4n) is 6.99. The number of carbonyl (C=O) groups excluding carboxylic acids is 1. The highest BCUT2D eigenvalue weighted by Crippen LogP contribution is 2.32. The zero-order valence-electron chi connectivity index (χ0n) is 32.9. The van der Waals surface area contributed by atoms with Gasteiger partial charge in [-0.25, -0.2) is 0 Å². The Morgan fingerprint density at radius 1 is 0.706 bits per heavy atom. The Balaban J connectivity index is 2.42. The van der Waals surface area contributed by atoms with Crippen LogP contribution in [0.2, 0.25) is 0 Å². The van der Waals surface area contributed by atoms with Crippen molar-refractivity contribution in [3.05, 3.63) is 12.2 Å². The Kier molecular flexibility index (Phi) is 30.4. The standard InChI is InChI=1S/C42H81NO8/c1-3-5-7-9-11-13-15-17-18-20-22-24-26-28-30-32-39(47)43-36(34-50-42(35-45)41(49)40(48)38(33-44)51-42)37(46)31-29-27-25-23-21-19-16-14-12-10-8-6-4-2/h29,31,36-38,40-41,44-46,48-49H,3-28,30,32-35H2,1-2H3,(H,43,47)/b31-29+/t36-,37+,38+,40+,41+,42+/m0/s1. The van der Waals surface area contributed by atoms with E-state index in [4.69, 9.17) is 9.47 Å². The number of aliphatic hydroxyl groups is 5. The van der Waals surface area contributed by atoms with E-state index in [1.165, 1.54) is 135 Å². The number of nitrogens with one attached hydrogen (secondary N) is 1. The van der Waals surface area contributed by atoms with Crippen molar-refractivity contribution in [2.75, 3.05) is 19.8 Å². The van der Waals surface area contributed by atoms with Gasteiger partial charge in [0, 0.05) is 6.42 Å². The van der Waals surface area contributed by atoms with E-state index in [1.54, 1.807) is 6.08 Å². The second kappa shape index (κ2) is 32.4. The Labute approximate surface area is 312 Å². The Morgan fingerprint density at radius 3 is 1.55 bits per heavy atom. The van der Waals surface area contributed by atoms with Gasteiger partial charge in [-0.1, -0.05) is 180 Å². The van der Waals surface area contributed by atoms with Crippen LogP contribution in [0.4, 0.5) is 0 Å². The molecule has 0 aromatic rings. The van der Waals surface area contributed by atoms with Crippen LogP contribution in [0, 0.1) is 0 Å². The van der Waals surface area contributed by atoms with Crippen LogP contribution in [0.15, 0.2) is 12.2 Å². The molecule has 9 heteroatoms. The third kappa shape index (κ3) is 22.7. The summed E-state index contributed by atoms with van der Waals surface area (Å²) in [6.45, 7) is 2.90. The fraction of sp³-hybridized carbons (Fsp3) is 0.929. The summed E-state index contributed by atoms with van der Waals surface area (Å²) in [4.78, 5) is 12.9. The van der Waals surface area contributed by atoms with E-state index in [0.29, 0.717) is 6.42 Å². The molecule has 1 aliphatic heterocycles. The number of unbranched alkanes of at least 4 members (excludes halogenated alkanes) is 25. The highest BCUT2D eigenvalue weighted by Gasteiger charge is 2.55. The van der Waals surface area contributed by atoms with Gasteiger partial charge in [0.1, 0.15) is 24.9 Å². The number of hydrogen-bond acceptors (Lipinski definition) is 8. The smallest absolute Gasteiger partial charge is 0.221 e. The number of rotatable bonds is 36. The molecule has 1 saturated heterocycles. The summed E-state index contributed by atoms with van der Waals surface area (Å²) in [6, 6.07) is -0.855. The number of allylic oxidation sites excluding steroid dienone is 1. The summed E-state index contributed by atoms with van der Waals surface area (Å²) in [7, 11) is 0. The maximum atomic E-state index is 12.9. The Hall–Kier alpha value is -1.07. The largest absolute Gasteiger partial charge is 0.394 e. The minimum absolute atomic E-state index is 0.199. The summed E-state index contributed by atoms with van der Waals surface area (Å²) in [5.74, 6) is -2.17. The van der Waals surface area contributed by atoms with E-state index in [2.05, 4.69) is 19.2 Å². The molecule has 1 rings (SSSR count). The van der Waals surface area contributed by atoms with Crippen molar-refractivity contribution in [3.63, 3.8) is 0 Å². The Bertz CT molecular complexity index is 829. The summed E-state index contributed by atoms with van der Waals surface area (Å²) in [5, 5.41) is 54.2. The molecule has 1 heterocycles. The van der Waals surface area contributed by atoms with E-state index in [-0.39, 0.29) is 12.5 Å². The molecule has 0 aromatic carbocycles. The molecule has 1 aliphatic rings. The lowest BCUT2D eigenvalue weighted by molar-refractivity contribution is -0.279. The van der Waals surface area contributed by atoms with Crippen LogP contribution in [0.25, 0.3) is 0 Å². The van der Waals surface area contributed by atoms with Crippen LogP contribution >= 0.6 is 0 Å². The summed E-state index contributed by atoms with van der Waals surface area (Å²) in [5.41, 5.74) is 0. The highest BCUT2D eigenvalue weighted by atomic mass is 16.7. The molecule has 0 radical (unpaired) electrons. The van der Waals surface area contributed by atoms with Crippen LogP contribution in [0.3, 0.4) is 0 Å². The van der Waals surface area contributed by atoms with Gasteiger partial charge >= 0.3 is 0 Å². The van der Waals surface area contributed by atoms with Crippen LogP contribution in [-0.4, -0.2) is 87.5 Å². The van der Waals surface area contributed by atoms with Crippen molar-refractivity contribution in [3.8, 4) is 0 Å². The summed E-state index contributed by atoms with van der Waals surface area (Å²) < 4.78 is 11.3. The maximum absolute atomic E-state index is 12.9. The number of amides is 1. The maximum Gasteiger partial charge on any atom is 0.221 e. The lowest BCUT2D eigenvalue weighted by Crippen LogP contribution is -2.53. The zero-order valence-corrected chi connectivity index (χ0v) is 32.9. The third-order valence-electron chi connectivity index (χ3n) is 10.5. The van der Waals surface area contributed by atoms with Crippen LogP contribution in [-0.2, 0) is 14.3 Å². The van der Waals surface area contributed by atoms with Gasteiger partial charge in [-0.2, -0.15) is 0 Å². The number of carbonyl (C=O) groups is 1. The molecule has 51 heavy (non-hydrogen) atoms. The average molecular weight is 728 g/mol. The lowest BCUT2D eigenvalue weighted by Gasteiger charge is -2.33. The first-order chi connectivity index (χ1) is 24.8. The zero-order chi connectivity index (χ0) is 37.4. The number of hydrogen-bond donors (Lipinski definition) is 6. The van der Waals surface area contributed by atoms with Crippen LogP contribution in [0.5, 0.6) is 0 Å². The monoisotopic (exact) mass is 728 g/mol. The molecule has 0 aromatic heterocycles. The van der Waals surface area contributed by atoms with Gasteiger partial charge < -0.3 is 40.3 Å². The van der Waals surface area contributed by atoms with E-state index < -0.39 is 49.5 Å². The molecule has 0 saturated carbocycles. The van der Waals surface area contributed by atoms with Gasteiger partial charge in [-0.15, -0.1) is 0 Å². The Morgan fingerprint density at radius 2 is 1.14 bits per heavy atom. The second-order valence-electron chi connectivity index (χ2n) is 15.2. The van der Waals surface area contributed by atoms with E-state index in [0.717, 1.165) is 38.5 Å². The molecule has 302 valence electrons. The quantitative estimate of drug-likeness (QED) is 0.0280. The van der Waals surface area contributed by atoms with E-state index in [1.807, 2.05) is 6.08 Å². The third-order valence-corrected chi connectivity index (χ3v) is 10.5. The van der Waals surface area contributed by atoms with Gasteiger partial charge in [0.05, 0.1) is 25.4 Å². The minimum Gasteiger partial charge on any atom is -0.394 e. The molecule has 0 bridgehead atoms. The normalized spacial score (nSPS) is 21.8. The molecule has 1 fully saturated rings. The van der Waals surface area contributed by atoms with Crippen LogP contribution < -0.4 is 5.32 Å². The number of ether oxygens (including phenoxy) is 2. The summed E-state index contributed by atoms with van der Waals surface area (Å²) >= 11 is 0. The number of aliphatic hydroxyl groups excluding tert-OH is 5. The van der Waals surface area contributed by atoms with Gasteiger partial charge in [-0.3, -0.25) is 4.79 Å². The van der Waals surface area contributed by atoms with Crippen molar-refractivity contribution < 1.29 is 39.8 Å². The molecule has 0 spiro atoms. The van der Waals surface area contributed by atoms with Gasteiger partial charge in [0.25, 0.3) is 0 Å². The average Bonchev–Trinajstić information content (AvgIpc) is 3.38. The molecule has 1 amide bonds. The van der Waals surface area contributed by atoms with Crippen molar-refractivity contribution >= 4 is 5.91 Å². The van der Waals surface area contributed by atoms with Gasteiger partial charge in [0.15, 0.2) is 0 Å². The van der Waals surface area contributed by atoms with Crippen molar-refractivity contribution in [2.24, 2.45) is 0 Å². The molecule has 6 atom stereocenters.